The topological polar surface area (TPSA) is 75.3 Å². The van der Waals surface area contributed by atoms with Gasteiger partial charge in [-0.3, -0.25) is 9.69 Å². The van der Waals surface area contributed by atoms with Crippen molar-refractivity contribution in [1.82, 2.24) is 19.8 Å². The molecule has 2 N–H and O–H groups in total. The number of hydrogen-bond donors (Lipinski definition) is 1. The van der Waals surface area contributed by atoms with Gasteiger partial charge in [0.25, 0.3) is 5.91 Å². The van der Waals surface area contributed by atoms with Crippen LogP contribution in [-0.4, -0.2) is 57.9 Å². The normalized spacial score (nSPS) is 23.5. The number of nitrogens with zero attached hydrogens (tertiary/aromatic N) is 4. The lowest BCUT2D eigenvalue weighted by Gasteiger charge is -2.32. The van der Waals surface area contributed by atoms with Gasteiger partial charge in [0.15, 0.2) is 0 Å². The summed E-state index contributed by atoms with van der Waals surface area (Å²) >= 11 is 0. The minimum Gasteiger partial charge on any atom is -0.368 e. The molecule has 0 unspecified atom stereocenters. The van der Waals surface area contributed by atoms with Gasteiger partial charge in [0, 0.05) is 25.3 Å². The van der Waals surface area contributed by atoms with E-state index in [4.69, 9.17) is 5.73 Å². The largest absolute Gasteiger partial charge is 0.368 e. The number of hydrogen-bond acceptors (Lipinski definition) is 5. The molecule has 1 amide bonds. The molecule has 3 rings (SSSR count). The molecule has 1 aromatic rings. The third-order valence-electron chi connectivity index (χ3n) is 4.59. The molecule has 1 atom stereocenters. The van der Waals surface area contributed by atoms with E-state index in [0.717, 1.165) is 19.5 Å². The lowest BCUT2D eigenvalue weighted by atomic mass is 10.1. The average Bonchev–Trinajstić information content (AvgIpc) is 2.97. The summed E-state index contributed by atoms with van der Waals surface area (Å²) in [5, 5.41) is 0. The zero-order chi connectivity index (χ0) is 14.8. The van der Waals surface area contributed by atoms with Crippen molar-refractivity contribution in [3.63, 3.8) is 0 Å². The Labute approximate surface area is 125 Å². The van der Waals surface area contributed by atoms with Crippen molar-refractivity contribution in [3.05, 3.63) is 17.5 Å². The van der Waals surface area contributed by atoms with Crippen molar-refractivity contribution in [2.24, 2.45) is 0 Å². The summed E-state index contributed by atoms with van der Waals surface area (Å²) in [4.78, 5) is 25.1. The van der Waals surface area contributed by atoms with E-state index in [2.05, 4.69) is 14.9 Å². The summed E-state index contributed by atoms with van der Waals surface area (Å²) in [7, 11) is 0. The summed E-state index contributed by atoms with van der Waals surface area (Å²) < 4.78 is 0. The van der Waals surface area contributed by atoms with Gasteiger partial charge in [-0.15, -0.1) is 0 Å². The standard InChI is InChI=1S/C15H23N5O/c1-11-13(9-17-15(16)18-11)14(21)20-8-5-12(10-20)19-6-3-2-4-7-19/h9,12H,2-8,10H2,1H3,(H2,16,17,18)/t12-/m0/s1. The van der Waals surface area contributed by atoms with Gasteiger partial charge in [0.2, 0.25) is 5.95 Å². The van der Waals surface area contributed by atoms with Crippen LogP contribution in [0.3, 0.4) is 0 Å². The number of nitrogen functional groups attached to an aromatic ring is 1. The Bertz CT molecular complexity index is 527. The van der Waals surface area contributed by atoms with E-state index in [0.29, 0.717) is 17.3 Å². The second kappa shape index (κ2) is 5.97. The molecular weight excluding hydrogens is 266 g/mol. The maximum atomic E-state index is 12.6. The van der Waals surface area contributed by atoms with Gasteiger partial charge in [-0.2, -0.15) is 0 Å². The van der Waals surface area contributed by atoms with Crippen LogP contribution in [0.5, 0.6) is 0 Å². The van der Waals surface area contributed by atoms with Crippen molar-refractivity contribution in [2.75, 3.05) is 31.9 Å². The second-order valence-corrected chi connectivity index (χ2v) is 6.02. The monoisotopic (exact) mass is 289 g/mol. The Morgan fingerprint density at radius 2 is 2.05 bits per heavy atom. The molecule has 0 bridgehead atoms. The van der Waals surface area contributed by atoms with Gasteiger partial charge >= 0.3 is 0 Å². The molecule has 21 heavy (non-hydrogen) atoms. The lowest BCUT2D eigenvalue weighted by Crippen LogP contribution is -2.41. The van der Waals surface area contributed by atoms with Crippen LogP contribution in [0.25, 0.3) is 0 Å². The molecule has 0 spiro atoms. The fourth-order valence-electron chi connectivity index (χ4n) is 3.37. The molecule has 0 radical (unpaired) electrons. The first kappa shape index (κ1) is 14.3. The van der Waals surface area contributed by atoms with E-state index in [-0.39, 0.29) is 11.9 Å². The minimum absolute atomic E-state index is 0.0343. The fourth-order valence-corrected chi connectivity index (χ4v) is 3.37. The predicted molar refractivity (Wildman–Crippen MR) is 80.9 cm³/mol. The van der Waals surface area contributed by atoms with Crippen molar-refractivity contribution in [1.29, 1.82) is 0 Å². The maximum absolute atomic E-state index is 12.6. The van der Waals surface area contributed by atoms with Gasteiger partial charge in [-0.1, -0.05) is 6.42 Å². The van der Waals surface area contributed by atoms with Crippen LogP contribution in [0.15, 0.2) is 6.20 Å². The summed E-state index contributed by atoms with van der Waals surface area (Å²) in [6.07, 6.45) is 6.54. The number of piperidine rings is 1. The van der Waals surface area contributed by atoms with E-state index >= 15 is 0 Å². The Kier molecular flexibility index (Phi) is 4.05. The van der Waals surface area contributed by atoms with Crippen molar-refractivity contribution < 1.29 is 4.79 Å². The van der Waals surface area contributed by atoms with Crippen molar-refractivity contribution in [2.45, 2.75) is 38.6 Å². The smallest absolute Gasteiger partial charge is 0.257 e. The molecule has 2 fully saturated rings. The quantitative estimate of drug-likeness (QED) is 0.881. The Balaban J connectivity index is 1.66. The van der Waals surface area contributed by atoms with Crippen molar-refractivity contribution in [3.8, 4) is 0 Å². The van der Waals surface area contributed by atoms with Gasteiger partial charge in [-0.25, -0.2) is 9.97 Å². The molecule has 3 heterocycles. The van der Waals surface area contributed by atoms with E-state index in [1.165, 1.54) is 32.4 Å². The number of carbonyl (C=O) groups is 1. The van der Waals surface area contributed by atoms with E-state index < -0.39 is 0 Å². The molecule has 1 aromatic heterocycles. The Morgan fingerprint density at radius 3 is 2.76 bits per heavy atom. The van der Waals surface area contributed by atoms with Gasteiger partial charge in [0.05, 0.1) is 11.3 Å². The van der Waals surface area contributed by atoms with Crippen LogP contribution in [-0.2, 0) is 0 Å². The molecule has 114 valence electrons. The van der Waals surface area contributed by atoms with Crippen LogP contribution in [0.4, 0.5) is 5.95 Å². The third kappa shape index (κ3) is 3.00. The first-order chi connectivity index (χ1) is 10.1. The number of rotatable bonds is 2. The second-order valence-electron chi connectivity index (χ2n) is 6.02. The summed E-state index contributed by atoms with van der Waals surface area (Å²) in [5.41, 5.74) is 6.78. The van der Waals surface area contributed by atoms with Crippen LogP contribution in [0, 0.1) is 6.92 Å². The summed E-state index contributed by atoms with van der Waals surface area (Å²) in [6.45, 7) is 5.81. The van der Waals surface area contributed by atoms with Crippen LogP contribution in [0.2, 0.25) is 0 Å². The number of amides is 1. The molecule has 6 nitrogen and oxygen atoms in total. The maximum Gasteiger partial charge on any atom is 0.257 e. The number of aryl methyl sites for hydroxylation is 1. The Hall–Kier alpha value is -1.69. The average molecular weight is 289 g/mol. The number of aromatic nitrogens is 2. The highest BCUT2D eigenvalue weighted by molar-refractivity contribution is 5.95. The van der Waals surface area contributed by atoms with E-state index in [1.54, 1.807) is 6.20 Å². The molecule has 2 saturated heterocycles. The lowest BCUT2D eigenvalue weighted by molar-refractivity contribution is 0.0770. The zero-order valence-corrected chi connectivity index (χ0v) is 12.6. The third-order valence-corrected chi connectivity index (χ3v) is 4.59. The van der Waals surface area contributed by atoms with Crippen LogP contribution < -0.4 is 5.73 Å². The molecule has 0 aliphatic carbocycles. The summed E-state index contributed by atoms with van der Waals surface area (Å²) in [6, 6.07) is 0.518. The molecule has 2 aliphatic heterocycles. The number of carbonyl (C=O) groups excluding carboxylic acids is 1. The highest BCUT2D eigenvalue weighted by Crippen LogP contribution is 2.22. The van der Waals surface area contributed by atoms with E-state index in [1.807, 2.05) is 11.8 Å². The van der Waals surface area contributed by atoms with E-state index in [9.17, 15) is 4.79 Å². The van der Waals surface area contributed by atoms with Gasteiger partial charge < -0.3 is 10.6 Å². The number of nitrogens with two attached hydrogens (primary N) is 1. The molecule has 0 saturated carbocycles. The molecule has 0 aromatic carbocycles. The highest BCUT2D eigenvalue weighted by Gasteiger charge is 2.32. The molecule has 2 aliphatic rings. The number of anilines is 1. The first-order valence-electron chi connectivity index (χ1n) is 7.77. The Morgan fingerprint density at radius 1 is 1.29 bits per heavy atom. The predicted octanol–water partition coefficient (Wildman–Crippen LogP) is 1.07. The number of likely N-dealkylation sites (tertiary alicyclic amines) is 2. The first-order valence-corrected chi connectivity index (χ1v) is 7.77. The van der Waals surface area contributed by atoms with Gasteiger partial charge in [-0.05, 0) is 39.3 Å². The highest BCUT2D eigenvalue weighted by atomic mass is 16.2. The van der Waals surface area contributed by atoms with Gasteiger partial charge in [0.1, 0.15) is 0 Å². The SMILES string of the molecule is Cc1nc(N)ncc1C(=O)N1CC[C@H](N2CCCCC2)C1. The molecular formula is C15H23N5O. The zero-order valence-electron chi connectivity index (χ0n) is 12.6. The molecule has 6 heteroatoms. The minimum atomic E-state index is 0.0343. The van der Waals surface area contributed by atoms with Crippen LogP contribution in [0.1, 0.15) is 41.7 Å². The summed E-state index contributed by atoms with van der Waals surface area (Å²) in [5.74, 6) is 0.253. The van der Waals surface area contributed by atoms with Crippen molar-refractivity contribution >= 4 is 11.9 Å². The fraction of sp³-hybridized carbons (Fsp3) is 0.667. The van der Waals surface area contributed by atoms with Crippen LogP contribution >= 0.6 is 0 Å².